The first-order chi connectivity index (χ1) is 26.5. The number of hydrogen-bond donors (Lipinski definition) is 2. The second-order valence-electron chi connectivity index (χ2n) is 14.0. The number of piperidine rings is 2. The topological polar surface area (TPSA) is 176 Å². The zero-order valence-electron chi connectivity index (χ0n) is 31.6. The molecule has 7 rings (SSSR count). The number of aromatic amines is 1. The number of ketones is 1. The molecule has 4 heterocycles. The number of nitrogens with one attached hydrogen (secondary N) is 1. The highest BCUT2D eigenvalue weighted by molar-refractivity contribution is 5.97. The summed E-state index contributed by atoms with van der Waals surface area (Å²) in [7, 11) is 1.63. The molecule has 2 amide bonds. The van der Waals surface area contributed by atoms with Gasteiger partial charge in [0, 0.05) is 58.1 Å². The maximum absolute atomic E-state index is 12.2. The van der Waals surface area contributed by atoms with Crippen LogP contribution in [0.5, 0.6) is 5.75 Å². The molecule has 2 aliphatic rings. The second kappa shape index (κ2) is 17.3. The van der Waals surface area contributed by atoms with Crippen LogP contribution in [0.2, 0.25) is 0 Å². The van der Waals surface area contributed by atoms with Crippen LogP contribution < -0.4 is 4.74 Å². The van der Waals surface area contributed by atoms with Crippen LogP contribution in [0.1, 0.15) is 96.0 Å². The molecule has 55 heavy (non-hydrogen) atoms. The average Bonchev–Trinajstić information content (AvgIpc) is 3.87. The Labute approximate surface area is 319 Å². The molecular formula is C41H46N8O6. The van der Waals surface area contributed by atoms with Crippen LogP contribution >= 0.6 is 0 Å². The monoisotopic (exact) mass is 746 g/mol. The number of aromatic carboxylic acids is 1. The number of carbonyl (C=O) groups excluding carboxylic acids is 3. The Morgan fingerprint density at radius 2 is 1.16 bits per heavy atom. The lowest BCUT2D eigenvalue weighted by Gasteiger charge is -2.31. The van der Waals surface area contributed by atoms with E-state index in [9.17, 15) is 19.2 Å². The van der Waals surface area contributed by atoms with Gasteiger partial charge in [-0.25, -0.2) is 4.79 Å². The lowest BCUT2D eigenvalue weighted by Crippen LogP contribution is -2.36. The molecule has 286 valence electrons. The zero-order valence-corrected chi connectivity index (χ0v) is 31.6. The van der Waals surface area contributed by atoms with E-state index in [1.54, 1.807) is 25.8 Å². The van der Waals surface area contributed by atoms with Gasteiger partial charge in [-0.1, -0.05) is 60.7 Å². The van der Waals surface area contributed by atoms with Gasteiger partial charge in [-0.2, -0.15) is 20.2 Å². The first kappa shape index (κ1) is 38.5. The summed E-state index contributed by atoms with van der Waals surface area (Å²) in [6.45, 7) is 8.39. The van der Waals surface area contributed by atoms with Crippen molar-refractivity contribution in [2.75, 3.05) is 33.3 Å². The minimum absolute atomic E-state index is 0.0764. The molecule has 2 aliphatic heterocycles. The van der Waals surface area contributed by atoms with Crippen LogP contribution in [0.25, 0.3) is 22.5 Å². The molecule has 0 spiro atoms. The van der Waals surface area contributed by atoms with E-state index in [0.29, 0.717) is 35.5 Å². The largest absolute Gasteiger partial charge is 0.497 e. The number of rotatable bonds is 9. The van der Waals surface area contributed by atoms with Gasteiger partial charge in [0.05, 0.1) is 13.7 Å². The van der Waals surface area contributed by atoms with Crippen molar-refractivity contribution in [1.29, 1.82) is 0 Å². The summed E-state index contributed by atoms with van der Waals surface area (Å²) < 4.78 is 5.20. The molecule has 0 atom stereocenters. The molecule has 0 radical (unpaired) electrons. The van der Waals surface area contributed by atoms with Gasteiger partial charge in [0.2, 0.25) is 11.8 Å². The van der Waals surface area contributed by atoms with Gasteiger partial charge >= 0.3 is 5.97 Å². The maximum Gasteiger partial charge on any atom is 0.358 e. The summed E-state index contributed by atoms with van der Waals surface area (Å²) in [5, 5.41) is 28.1. The van der Waals surface area contributed by atoms with E-state index in [0.717, 1.165) is 74.3 Å². The van der Waals surface area contributed by atoms with Crippen LogP contribution in [0, 0.1) is 0 Å². The van der Waals surface area contributed by atoms with E-state index in [2.05, 4.69) is 37.7 Å². The minimum atomic E-state index is -1.10. The number of likely N-dealkylation sites (tertiary alicyclic amines) is 2. The predicted molar refractivity (Wildman–Crippen MR) is 205 cm³/mol. The van der Waals surface area contributed by atoms with Crippen molar-refractivity contribution in [3.8, 4) is 28.3 Å². The molecule has 14 nitrogen and oxygen atoms in total. The van der Waals surface area contributed by atoms with Crippen LogP contribution in [-0.2, 0) is 16.1 Å². The second-order valence-corrected chi connectivity index (χ2v) is 14.0. The van der Waals surface area contributed by atoms with Crippen molar-refractivity contribution < 1.29 is 29.0 Å². The number of carboxylic acids is 1. The Balaban J connectivity index is 0.000000197. The molecule has 0 bridgehead atoms. The number of carbonyl (C=O) groups is 4. The van der Waals surface area contributed by atoms with Crippen molar-refractivity contribution in [2.24, 2.45) is 0 Å². The lowest BCUT2D eigenvalue weighted by atomic mass is 9.88. The number of nitrogens with zero attached hydrogens (tertiary/aromatic N) is 7. The highest BCUT2D eigenvalue weighted by Crippen LogP contribution is 2.32. The molecule has 2 saturated heterocycles. The zero-order chi connectivity index (χ0) is 39.1. The Bertz CT molecular complexity index is 2110. The molecular weight excluding hydrogens is 701 g/mol. The Morgan fingerprint density at radius 3 is 1.60 bits per heavy atom. The minimum Gasteiger partial charge on any atom is -0.497 e. The molecule has 0 aliphatic carbocycles. The highest BCUT2D eigenvalue weighted by Gasteiger charge is 2.24. The van der Waals surface area contributed by atoms with Crippen molar-refractivity contribution >= 4 is 23.6 Å². The molecule has 5 aromatic rings. The standard InChI is InChI=1S/C25H28N4O3.C16H18N4O3/c1-17(30)24-25(27-29(26-24)16-19-4-10-23(32-3)11-5-19)22-8-6-20(7-9-22)21-12-14-28(15-13-21)18(2)31;1-10(21)20-8-6-12(7-9-20)11-2-4-13(5-3-11)14-15(16(22)23)18-19-17-14/h4-11,21H,12-16H2,1-3H3;2-5,12H,6-9H2,1H3,(H,22,23)(H,17,18,19). The normalized spacial score (nSPS) is 14.9. The molecule has 14 heteroatoms. The Morgan fingerprint density at radius 1 is 0.673 bits per heavy atom. The summed E-state index contributed by atoms with van der Waals surface area (Å²) in [6, 6.07) is 23.7. The van der Waals surface area contributed by atoms with Gasteiger partial charge in [-0.15, -0.1) is 10.2 Å². The van der Waals surface area contributed by atoms with Crippen LogP contribution in [-0.4, -0.2) is 102 Å². The van der Waals surface area contributed by atoms with Crippen molar-refractivity contribution in [3.63, 3.8) is 0 Å². The molecule has 0 saturated carbocycles. The van der Waals surface area contributed by atoms with E-state index in [4.69, 9.17) is 9.84 Å². The third-order valence-corrected chi connectivity index (χ3v) is 10.4. The lowest BCUT2D eigenvalue weighted by molar-refractivity contribution is -0.130. The van der Waals surface area contributed by atoms with Crippen molar-refractivity contribution in [1.82, 2.24) is 40.2 Å². The fraction of sp³-hybridized carbons (Fsp3) is 0.366. The van der Waals surface area contributed by atoms with E-state index in [1.165, 1.54) is 18.1 Å². The number of amides is 2. The molecule has 0 unspecified atom stereocenters. The fourth-order valence-corrected chi connectivity index (χ4v) is 7.21. The fourth-order valence-electron chi connectivity index (χ4n) is 7.21. The van der Waals surface area contributed by atoms with E-state index in [-0.39, 0.29) is 23.3 Å². The third kappa shape index (κ3) is 9.31. The molecule has 2 fully saturated rings. The maximum atomic E-state index is 12.2. The smallest absolute Gasteiger partial charge is 0.358 e. The summed E-state index contributed by atoms with van der Waals surface area (Å²) in [5.41, 5.74) is 6.33. The number of aromatic nitrogens is 6. The first-order valence-electron chi connectivity index (χ1n) is 18.5. The summed E-state index contributed by atoms with van der Waals surface area (Å²) in [6.07, 6.45) is 3.83. The molecule has 3 aromatic carbocycles. The summed E-state index contributed by atoms with van der Waals surface area (Å²) in [5.74, 6) is 0.725. The van der Waals surface area contributed by atoms with E-state index >= 15 is 0 Å². The van der Waals surface area contributed by atoms with Gasteiger partial charge in [0.25, 0.3) is 0 Å². The summed E-state index contributed by atoms with van der Waals surface area (Å²) in [4.78, 5) is 51.6. The number of carboxylic acid groups (broad SMARTS) is 1. The highest BCUT2D eigenvalue weighted by atomic mass is 16.5. The van der Waals surface area contributed by atoms with Crippen LogP contribution in [0.4, 0.5) is 0 Å². The number of ether oxygens (including phenoxy) is 1. The predicted octanol–water partition coefficient (Wildman–Crippen LogP) is 5.83. The number of benzene rings is 3. The number of Topliss-reactive ketones (excluding diaryl/α,β-unsaturated/α-hetero) is 1. The van der Waals surface area contributed by atoms with Crippen molar-refractivity contribution in [2.45, 2.75) is 64.8 Å². The van der Waals surface area contributed by atoms with Crippen LogP contribution in [0.15, 0.2) is 72.8 Å². The quantitative estimate of drug-likeness (QED) is 0.175. The molecule has 2 N–H and O–H groups in total. The van der Waals surface area contributed by atoms with Gasteiger partial charge in [-0.05, 0) is 66.3 Å². The number of hydrogen-bond acceptors (Lipinski definition) is 9. The first-order valence-corrected chi connectivity index (χ1v) is 18.5. The Hall–Kier alpha value is -6.18. The van der Waals surface area contributed by atoms with Gasteiger partial charge in [-0.3, -0.25) is 14.4 Å². The summed E-state index contributed by atoms with van der Waals surface area (Å²) >= 11 is 0. The van der Waals surface area contributed by atoms with E-state index < -0.39 is 5.97 Å². The van der Waals surface area contributed by atoms with Gasteiger partial charge in [0.1, 0.15) is 17.1 Å². The van der Waals surface area contributed by atoms with Gasteiger partial charge in [0.15, 0.2) is 17.2 Å². The van der Waals surface area contributed by atoms with Gasteiger partial charge < -0.3 is 19.6 Å². The third-order valence-electron chi connectivity index (χ3n) is 10.4. The molecule has 2 aromatic heterocycles. The van der Waals surface area contributed by atoms with Crippen molar-refractivity contribution in [3.05, 3.63) is 101 Å². The SMILES string of the molecule is CC(=O)N1CCC(c2ccc(-c3n[nH]nc3C(=O)O)cc2)CC1.COc1ccc(Cn2nc(C(C)=O)c(-c3ccc(C4CCN(C(C)=O)CC4)cc3)n2)cc1. The van der Waals surface area contributed by atoms with Crippen LogP contribution in [0.3, 0.4) is 0 Å². The Kier molecular flexibility index (Phi) is 12.1. The average molecular weight is 747 g/mol. The van der Waals surface area contributed by atoms with E-state index in [1.807, 2.05) is 70.5 Å². The number of methoxy groups -OCH3 is 1. The number of H-pyrrole nitrogens is 1.